The molecule has 1 aromatic heterocycles. The van der Waals surface area contributed by atoms with Gasteiger partial charge in [0.15, 0.2) is 0 Å². The standard InChI is InChI=1S/C21H22N2O2/c24-21(25)17-11-12-19-18(13-17)22-20(16-9-5-2-6-10-16)23(19)14-15-7-3-1-4-8-15/h1,3-4,7-8,11-13,16H,2,5-6,9-10,14H2,(H,24,25). The van der Waals surface area contributed by atoms with Crippen LogP contribution in [0, 0.1) is 0 Å². The first-order chi connectivity index (χ1) is 12.2. The lowest BCUT2D eigenvalue weighted by Crippen LogP contribution is -2.13. The summed E-state index contributed by atoms with van der Waals surface area (Å²) >= 11 is 0. The fraction of sp³-hybridized carbons (Fsp3) is 0.333. The van der Waals surface area contributed by atoms with Crippen LogP contribution in [0.5, 0.6) is 0 Å². The Hall–Kier alpha value is -2.62. The van der Waals surface area contributed by atoms with Crippen molar-refractivity contribution in [3.05, 3.63) is 65.5 Å². The third-order valence-corrected chi connectivity index (χ3v) is 5.18. The highest BCUT2D eigenvalue weighted by Gasteiger charge is 2.23. The predicted octanol–water partition coefficient (Wildman–Crippen LogP) is 4.83. The number of carbonyl (C=O) groups is 1. The Bertz CT molecular complexity index is 893. The molecule has 4 nitrogen and oxygen atoms in total. The van der Waals surface area contributed by atoms with Gasteiger partial charge in [0.1, 0.15) is 5.82 Å². The van der Waals surface area contributed by atoms with E-state index in [0.717, 1.165) is 23.4 Å². The molecular formula is C21H22N2O2. The topological polar surface area (TPSA) is 55.1 Å². The maximum atomic E-state index is 11.3. The number of nitrogens with zero attached hydrogens (tertiary/aromatic N) is 2. The van der Waals surface area contributed by atoms with E-state index in [1.165, 1.54) is 37.7 Å². The molecule has 1 aliphatic carbocycles. The summed E-state index contributed by atoms with van der Waals surface area (Å²) in [6, 6.07) is 15.7. The normalized spacial score (nSPS) is 15.5. The number of carboxylic acid groups (broad SMARTS) is 1. The highest BCUT2D eigenvalue weighted by molar-refractivity contribution is 5.92. The molecule has 1 N–H and O–H groups in total. The molecule has 1 heterocycles. The summed E-state index contributed by atoms with van der Waals surface area (Å²) in [6.45, 7) is 0.773. The van der Waals surface area contributed by atoms with Crippen molar-refractivity contribution < 1.29 is 9.90 Å². The number of hydrogen-bond acceptors (Lipinski definition) is 2. The highest BCUT2D eigenvalue weighted by Crippen LogP contribution is 2.34. The van der Waals surface area contributed by atoms with Crippen molar-refractivity contribution >= 4 is 17.0 Å². The van der Waals surface area contributed by atoms with Crippen molar-refractivity contribution in [2.45, 2.75) is 44.6 Å². The van der Waals surface area contributed by atoms with Crippen LogP contribution >= 0.6 is 0 Å². The smallest absolute Gasteiger partial charge is 0.335 e. The zero-order chi connectivity index (χ0) is 17.2. The quantitative estimate of drug-likeness (QED) is 0.743. The largest absolute Gasteiger partial charge is 0.478 e. The Labute approximate surface area is 147 Å². The molecule has 25 heavy (non-hydrogen) atoms. The summed E-state index contributed by atoms with van der Waals surface area (Å²) in [5.41, 5.74) is 3.35. The van der Waals surface area contributed by atoms with Gasteiger partial charge in [-0.2, -0.15) is 0 Å². The number of benzene rings is 2. The predicted molar refractivity (Wildman–Crippen MR) is 98.1 cm³/mol. The van der Waals surface area contributed by atoms with Gasteiger partial charge in [-0.1, -0.05) is 49.6 Å². The van der Waals surface area contributed by atoms with Crippen molar-refractivity contribution in [1.82, 2.24) is 9.55 Å². The van der Waals surface area contributed by atoms with Crippen molar-refractivity contribution in [3.8, 4) is 0 Å². The van der Waals surface area contributed by atoms with Crippen molar-refractivity contribution in [3.63, 3.8) is 0 Å². The fourth-order valence-corrected chi connectivity index (χ4v) is 3.89. The molecule has 4 heteroatoms. The molecule has 0 unspecified atom stereocenters. The number of aromatic carboxylic acids is 1. The van der Waals surface area contributed by atoms with Crippen molar-refractivity contribution in [2.75, 3.05) is 0 Å². The van der Waals surface area contributed by atoms with E-state index >= 15 is 0 Å². The van der Waals surface area contributed by atoms with Gasteiger partial charge in [0, 0.05) is 12.5 Å². The molecule has 0 atom stereocenters. The molecule has 0 saturated heterocycles. The molecule has 128 valence electrons. The average Bonchev–Trinajstić information content (AvgIpc) is 3.01. The van der Waals surface area contributed by atoms with Crippen LogP contribution in [0.25, 0.3) is 11.0 Å². The third-order valence-electron chi connectivity index (χ3n) is 5.18. The summed E-state index contributed by atoms with van der Waals surface area (Å²) in [7, 11) is 0. The van der Waals surface area contributed by atoms with Crippen molar-refractivity contribution in [1.29, 1.82) is 0 Å². The zero-order valence-corrected chi connectivity index (χ0v) is 14.2. The van der Waals surface area contributed by atoms with Gasteiger partial charge in [0.05, 0.1) is 16.6 Å². The molecule has 0 spiro atoms. The van der Waals surface area contributed by atoms with Gasteiger partial charge in [0.2, 0.25) is 0 Å². The van der Waals surface area contributed by atoms with Crippen LogP contribution in [-0.4, -0.2) is 20.6 Å². The van der Waals surface area contributed by atoms with Gasteiger partial charge < -0.3 is 9.67 Å². The van der Waals surface area contributed by atoms with Gasteiger partial charge >= 0.3 is 5.97 Å². The Morgan fingerprint density at radius 1 is 1.08 bits per heavy atom. The lowest BCUT2D eigenvalue weighted by Gasteiger charge is -2.22. The minimum absolute atomic E-state index is 0.298. The van der Waals surface area contributed by atoms with E-state index in [1.54, 1.807) is 12.1 Å². The fourth-order valence-electron chi connectivity index (χ4n) is 3.89. The number of aromatic nitrogens is 2. The summed E-state index contributed by atoms with van der Waals surface area (Å²) < 4.78 is 2.28. The highest BCUT2D eigenvalue weighted by atomic mass is 16.4. The first kappa shape index (κ1) is 15.9. The molecular weight excluding hydrogens is 312 g/mol. The zero-order valence-electron chi connectivity index (χ0n) is 14.2. The maximum absolute atomic E-state index is 11.3. The van der Waals surface area contributed by atoms with E-state index in [1.807, 2.05) is 12.1 Å². The first-order valence-corrected chi connectivity index (χ1v) is 9.00. The lowest BCUT2D eigenvalue weighted by atomic mass is 9.88. The minimum atomic E-state index is -0.904. The molecule has 0 radical (unpaired) electrons. The molecule has 1 saturated carbocycles. The van der Waals surface area contributed by atoms with Crippen LogP contribution in [0.15, 0.2) is 48.5 Å². The van der Waals surface area contributed by atoms with Gasteiger partial charge in [-0.3, -0.25) is 0 Å². The van der Waals surface area contributed by atoms with Crippen LogP contribution < -0.4 is 0 Å². The monoisotopic (exact) mass is 334 g/mol. The molecule has 1 fully saturated rings. The number of hydrogen-bond donors (Lipinski definition) is 1. The molecule has 1 aliphatic rings. The second kappa shape index (κ2) is 6.71. The SMILES string of the molecule is O=C(O)c1ccc2c(c1)nc(C1CCCCC1)n2Cc1ccccc1. The summed E-state index contributed by atoms with van der Waals surface area (Å²) in [5, 5.41) is 9.27. The summed E-state index contributed by atoms with van der Waals surface area (Å²) in [6.07, 6.45) is 6.14. The Morgan fingerprint density at radius 2 is 1.84 bits per heavy atom. The van der Waals surface area contributed by atoms with Gasteiger partial charge in [-0.25, -0.2) is 9.78 Å². The second-order valence-corrected chi connectivity index (χ2v) is 6.89. The minimum Gasteiger partial charge on any atom is -0.478 e. The molecule has 2 aromatic carbocycles. The van der Waals surface area contributed by atoms with Crippen LogP contribution in [-0.2, 0) is 6.54 Å². The second-order valence-electron chi connectivity index (χ2n) is 6.89. The molecule has 0 aliphatic heterocycles. The Morgan fingerprint density at radius 3 is 2.56 bits per heavy atom. The van der Waals surface area contributed by atoms with E-state index in [2.05, 4.69) is 28.8 Å². The number of carboxylic acids is 1. The first-order valence-electron chi connectivity index (χ1n) is 9.00. The molecule has 0 bridgehead atoms. The average molecular weight is 334 g/mol. The van der Waals surface area contributed by atoms with Crippen LogP contribution in [0.3, 0.4) is 0 Å². The van der Waals surface area contributed by atoms with E-state index in [0.29, 0.717) is 11.5 Å². The molecule has 0 amide bonds. The Balaban J connectivity index is 1.82. The molecule has 3 aromatic rings. The van der Waals surface area contributed by atoms with E-state index in [4.69, 9.17) is 4.98 Å². The third kappa shape index (κ3) is 3.16. The molecule has 4 rings (SSSR count). The number of fused-ring (bicyclic) bond motifs is 1. The van der Waals surface area contributed by atoms with E-state index in [-0.39, 0.29) is 0 Å². The van der Waals surface area contributed by atoms with Crippen LogP contribution in [0.1, 0.15) is 59.8 Å². The van der Waals surface area contributed by atoms with E-state index in [9.17, 15) is 9.90 Å². The van der Waals surface area contributed by atoms with Crippen molar-refractivity contribution in [2.24, 2.45) is 0 Å². The lowest BCUT2D eigenvalue weighted by molar-refractivity contribution is 0.0697. The Kier molecular flexibility index (Phi) is 4.26. The number of imidazole rings is 1. The summed E-state index contributed by atoms with van der Waals surface area (Å²) in [5.74, 6) is 0.679. The van der Waals surface area contributed by atoms with Crippen LogP contribution in [0.2, 0.25) is 0 Å². The van der Waals surface area contributed by atoms with Gasteiger partial charge in [-0.05, 0) is 36.6 Å². The van der Waals surface area contributed by atoms with E-state index < -0.39 is 5.97 Å². The van der Waals surface area contributed by atoms with Crippen LogP contribution in [0.4, 0.5) is 0 Å². The number of rotatable bonds is 4. The summed E-state index contributed by atoms with van der Waals surface area (Å²) in [4.78, 5) is 16.2. The van der Waals surface area contributed by atoms with Gasteiger partial charge in [-0.15, -0.1) is 0 Å². The van der Waals surface area contributed by atoms with Gasteiger partial charge in [0.25, 0.3) is 0 Å². The maximum Gasteiger partial charge on any atom is 0.335 e.